The summed E-state index contributed by atoms with van der Waals surface area (Å²) in [6.07, 6.45) is 0.982. The lowest BCUT2D eigenvalue weighted by Crippen LogP contribution is -1.83. The largest absolute Gasteiger partial charge is 0.390 e. The van der Waals surface area contributed by atoms with Crippen LogP contribution < -0.4 is 5.73 Å². The number of anilines is 1. The zero-order valence-electron chi connectivity index (χ0n) is 8.46. The number of thiophene rings is 1. The number of aryl methyl sites for hydroxylation is 1. The van der Waals surface area contributed by atoms with Gasteiger partial charge in [-0.15, -0.1) is 11.3 Å². The second-order valence-electron chi connectivity index (χ2n) is 3.35. The predicted molar refractivity (Wildman–Crippen MR) is 63.5 cm³/mol. The molecule has 0 aliphatic carbocycles. The van der Waals surface area contributed by atoms with Crippen LogP contribution in [0.2, 0.25) is 0 Å². The van der Waals surface area contributed by atoms with Crippen LogP contribution in [-0.2, 0) is 6.42 Å². The second-order valence-corrected chi connectivity index (χ2v) is 4.52. The minimum atomic E-state index is -0.219. The Morgan fingerprint density at radius 3 is 2.47 bits per heavy atom. The maximum atomic E-state index is 12.7. The van der Waals surface area contributed by atoms with E-state index in [1.165, 1.54) is 17.0 Å². The molecule has 0 fully saturated rings. The van der Waals surface area contributed by atoms with Gasteiger partial charge in [0.15, 0.2) is 0 Å². The smallest absolute Gasteiger partial charge is 0.123 e. The van der Waals surface area contributed by atoms with E-state index in [9.17, 15) is 4.39 Å². The molecule has 15 heavy (non-hydrogen) atoms. The normalized spacial score (nSPS) is 10.5. The minimum absolute atomic E-state index is 0.219. The standard InChI is InChI=1S/C12H12FNS/c1-2-10-7-11(12(14)15-10)8-3-5-9(13)6-4-8/h3-7H,2,14H2,1H3. The maximum absolute atomic E-state index is 12.7. The van der Waals surface area contributed by atoms with Crippen LogP contribution in [0.25, 0.3) is 11.1 Å². The second kappa shape index (κ2) is 4.03. The third-order valence-electron chi connectivity index (χ3n) is 2.32. The lowest BCUT2D eigenvalue weighted by molar-refractivity contribution is 0.628. The van der Waals surface area contributed by atoms with Gasteiger partial charge in [0.2, 0.25) is 0 Å². The molecule has 78 valence electrons. The van der Waals surface area contributed by atoms with Gasteiger partial charge in [-0.2, -0.15) is 0 Å². The van der Waals surface area contributed by atoms with Crippen molar-refractivity contribution < 1.29 is 4.39 Å². The van der Waals surface area contributed by atoms with Gasteiger partial charge >= 0.3 is 0 Å². The molecule has 0 aliphatic rings. The van der Waals surface area contributed by atoms with Gasteiger partial charge in [-0.05, 0) is 30.2 Å². The Morgan fingerprint density at radius 1 is 1.27 bits per heavy atom. The molecule has 2 N–H and O–H groups in total. The first-order valence-electron chi connectivity index (χ1n) is 4.85. The highest BCUT2D eigenvalue weighted by atomic mass is 32.1. The number of nitrogens with two attached hydrogens (primary N) is 1. The van der Waals surface area contributed by atoms with Crippen molar-refractivity contribution in [3.63, 3.8) is 0 Å². The van der Waals surface area contributed by atoms with Crippen molar-refractivity contribution in [1.29, 1.82) is 0 Å². The molecule has 0 amide bonds. The molecule has 2 aromatic rings. The van der Waals surface area contributed by atoms with E-state index >= 15 is 0 Å². The molecular weight excluding hydrogens is 209 g/mol. The molecule has 0 saturated carbocycles. The van der Waals surface area contributed by atoms with Crippen molar-refractivity contribution in [1.82, 2.24) is 0 Å². The van der Waals surface area contributed by atoms with Crippen LogP contribution in [0.15, 0.2) is 30.3 Å². The van der Waals surface area contributed by atoms with Crippen molar-refractivity contribution >= 4 is 16.3 Å². The summed E-state index contributed by atoms with van der Waals surface area (Å²) in [5.74, 6) is -0.219. The molecule has 0 unspecified atom stereocenters. The van der Waals surface area contributed by atoms with Crippen LogP contribution in [0.5, 0.6) is 0 Å². The van der Waals surface area contributed by atoms with Gasteiger partial charge in [0.25, 0.3) is 0 Å². The van der Waals surface area contributed by atoms with Crippen molar-refractivity contribution in [3.05, 3.63) is 41.0 Å². The fourth-order valence-corrected chi connectivity index (χ4v) is 2.38. The number of benzene rings is 1. The van der Waals surface area contributed by atoms with Gasteiger partial charge < -0.3 is 5.73 Å². The van der Waals surface area contributed by atoms with Gasteiger partial charge in [-0.25, -0.2) is 4.39 Å². The molecule has 1 aromatic heterocycles. The zero-order chi connectivity index (χ0) is 10.8. The van der Waals surface area contributed by atoms with E-state index in [0.717, 1.165) is 22.5 Å². The predicted octanol–water partition coefficient (Wildman–Crippen LogP) is 3.70. The van der Waals surface area contributed by atoms with Crippen LogP contribution in [0.1, 0.15) is 11.8 Å². The molecule has 1 heterocycles. The average Bonchev–Trinajstić information content (AvgIpc) is 2.61. The third-order valence-corrected chi connectivity index (χ3v) is 3.42. The quantitative estimate of drug-likeness (QED) is 0.822. The maximum Gasteiger partial charge on any atom is 0.123 e. The monoisotopic (exact) mass is 221 g/mol. The van der Waals surface area contributed by atoms with Crippen LogP contribution in [0, 0.1) is 5.82 Å². The van der Waals surface area contributed by atoms with Crippen molar-refractivity contribution in [3.8, 4) is 11.1 Å². The molecule has 2 rings (SSSR count). The number of hydrogen-bond donors (Lipinski definition) is 1. The highest BCUT2D eigenvalue weighted by Crippen LogP contribution is 2.34. The molecule has 0 atom stereocenters. The summed E-state index contributed by atoms with van der Waals surface area (Å²) in [6, 6.07) is 8.50. The number of rotatable bonds is 2. The van der Waals surface area contributed by atoms with Crippen LogP contribution in [0.3, 0.4) is 0 Å². The van der Waals surface area contributed by atoms with E-state index in [1.54, 1.807) is 23.5 Å². The summed E-state index contributed by atoms with van der Waals surface area (Å²) in [5, 5.41) is 0.804. The highest BCUT2D eigenvalue weighted by molar-refractivity contribution is 7.16. The molecule has 1 nitrogen and oxygen atoms in total. The first kappa shape index (κ1) is 10.2. The Morgan fingerprint density at radius 2 is 1.93 bits per heavy atom. The van der Waals surface area contributed by atoms with Gasteiger partial charge in [-0.3, -0.25) is 0 Å². The van der Waals surface area contributed by atoms with Crippen LogP contribution >= 0.6 is 11.3 Å². The lowest BCUT2D eigenvalue weighted by Gasteiger charge is -1.98. The van der Waals surface area contributed by atoms with Crippen LogP contribution in [-0.4, -0.2) is 0 Å². The summed E-state index contributed by atoms with van der Waals surface area (Å²) in [4.78, 5) is 1.26. The van der Waals surface area contributed by atoms with Crippen molar-refractivity contribution in [2.24, 2.45) is 0 Å². The average molecular weight is 221 g/mol. The van der Waals surface area contributed by atoms with Gasteiger partial charge in [-0.1, -0.05) is 19.1 Å². The van der Waals surface area contributed by atoms with E-state index in [4.69, 9.17) is 5.73 Å². The third kappa shape index (κ3) is 2.02. The Labute approximate surface area is 92.4 Å². The fraction of sp³-hybridized carbons (Fsp3) is 0.167. The molecule has 0 radical (unpaired) electrons. The Kier molecular flexibility index (Phi) is 2.73. The van der Waals surface area contributed by atoms with E-state index in [2.05, 4.69) is 13.0 Å². The first-order valence-corrected chi connectivity index (χ1v) is 5.66. The summed E-state index contributed by atoms with van der Waals surface area (Å²) in [5.41, 5.74) is 7.90. The fourth-order valence-electron chi connectivity index (χ4n) is 1.49. The van der Waals surface area contributed by atoms with Crippen molar-refractivity contribution in [2.75, 3.05) is 5.73 Å². The molecule has 0 aliphatic heterocycles. The van der Waals surface area contributed by atoms with Gasteiger partial charge in [0, 0.05) is 10.4 Å². The van der Waals surface area contributed by atoms with E-state index in [-0.39, 0.29) is 5.82 Å². The zero-order valence-corrected chi connectivity index (χ0v) is 9.27. The van der Waals surface area contributed by atoms with Crippen molar-refractivity contribution in [2.45, 2.75) is 13.3 Å². The van der Waals surface area contributed by atoms with Crippen LogP contribution in [0.4, 0.5) is 9.39 Å². The van der Waals surface area contributed by atoms with E-state index < -0.39 is 0 Å². The molecule has 3 heteroatoms. The molecule has 0 saturated heterocycles. The summed E-state index contributed by atoms with van der Waals surface area (Å²) < 4.78 is 12.7. The van der Waals surface area contributed by atoms with Gasteiger partial charge in [0.05, 0.1) is 5.00 Å². The lowest BCUT2D eigenvalue weighted by atomic mass is 10.1. The summed E-state index contributed by atoms with van der Waals surface area (Å²) >= 11 is 1.60. The highest BCUT2D eigenvalue weighted by Gasteiger charge is 2.07. The topological polar surface area (TPSA) is 26.0 Å². The molecule has 1 aromatic carbocycles. The summed E-state index contributed by atoms with van der Waals surface area (Å²) in [7, 11) is 0. The number of halogens is 1. The number of hydrogen-bond acceptors (Lipinski definition) is 2. The van der Waals surface area contributed by atoms with E-state index in [1.807, 2.05) is 0 Å². The number of nitrogen functional groups attached to an aromatic ring is 1. The Balaban J connectivity index is 2.44. The Hall–Kier alpha value is -1.35. The Bertz CT molecular complexity index is 459. The molecular formula is C12H12FNS. The first-order chi connectivity index (χ1) is 7.20. The molecule has 0 spiro atoms. The molecule has 0 bridgehead atoms. The van der Waals surface area contributed by atoms with Gasteiger partial charge in [0.1, 0.15) is 5.82 Å². The SMILES string of the molecule is CCc1cc(-c2ccc(F)cc2)c(N)s1. The van der Waals surface area contributed by atoms with E-state index in [0.29, 0.717) is 0 Å². The summed E-state index contributed by atoms with van der Waals surface area (Å²) in [6.45, 7) is 2.10. The minimum Gasteiger partial charge on any atom is -0.390 e.